The summed E-state index contributed by atoms with van der Waals surface area (Å²) in [6, 6.07) is 9.64. The molecule has 1 unspecified atom stereocenters. The minimum absolute atomic E-state index is 0.0384. The van der Waals surface area contributed by atoms with Crippen molar-refractivity contribution in [2.24, 2.45) is 0 Å². The van der Waals surface area contributed by atoms with E-state index in [1.807, 2.05) is 13.8 Å². The van der Waals surface area contributed by atoms with Crippen LogP contribution in [0.3, 0.4) is 0 Å². The molecule has 3 rings (SSSR count). The number of nitrogens with zero attached hydrogens (tertiary/aromatic N) is 1. The highest BCUT2D eigenvalue weighted by atomic mass is 79.9. The Bertz CT molecular complexity index is 929. The Balaban J connectivity index is 1.99. The number of Topliss-reactive ketones (excluding diaryl/α,β-unsaturated/α-hetero) is 1. The van der Waals surface area contributed by atoms with Gasteiger partial charge in [-0.15, -0.1) is 0 Å². The van der Waals surface area contributed by atoms with Crippen molar-refractivity contribution in [1.29, 1.82) is 0 Å². The number of ketones is 1. The van der Waals surface area contributed by atoms with Crippen LogP contribution in [0.1, 0.15) is 43.4 Å². The summed E-state index contributed by atoms with van der Waals surface area (Å²) in [5.74, 6) is -0.458. The molecule has 0 radical (unpaired) electrons. The predicted octanol–water partition coefficient (Wildman–Crippen LogP) is 4.59. The highest BCUT2D eigenvalue weighted by Crippen LogP contribution is 2.40. The van der Waals surface area contributed by atoms with Crippen molar-refractivity contribution < 1.29 is 23.8 Å². The van der Waals surface area contributed by atoms with Crippen LogP contribution in [-0.4, -0.2) is 41.0 Å². The summed E-state index contributed by atoms with van der Waals surface area (Å²) in [5, 5.41) is 10.9. The van der Waals surface area contributed by atoms with E-state index in [4.69, 9.17) is 9.15 Å². The Morgan fingerprint density at radius 1 is 1.21 bits per heavy atom. The van der Waals surface area contributed by atoms with E-state index in [0.717, 1.165) is 4.47 Å². The number of ether oxygens (including phenoxy) is 1. The van der Waals surface area contributed by atoms with E-state index < -0.39 is 17.7 Å². The first-order valence-electron chi connectivity index (χ1n) is 9.52. The standard InChI is InChI=1S/C22H24BrNO5/c1-13(2)28-12-4-11-24-19(17-10-5-14(3)29-17)18(21(26)22(24)27)20(25)15-6-8-16(23)9-7-15/h5-10,13,19,25H,4,11-12H2,1-3H3/b20-18-. The lowest BCUT2D eigenvalue weighted by atomic mass is 9.99. The van der Waals surface area contributed by atoms with Gasteiger partial charge in [-0.3, -0.25) is 9.59 Å². The zero-order valence-electron chi connectivity index (χ0n) is 16.6. The van der Waals surface area contributed by atoms with Crippen LogP contribution in [0.2, 0.25) is 0 Å². The number of benzene rings is 1. The van der Waals surface area contributed by atoms with Crippen LogP contribution < -0.4 is 0 Å². The fourth-order valence-electron chi connectivity index (χ4n) is 3.32. The van der Waals surface area contributed by atoms with E-state index in [9.17, 15) is 14.7 Å². The lowest BCUT2D eigenvalue weighted by Gasteiger charge is -2.23. The Morgan fingerprint density at radius 3 is 2.48 bits per heavy atom. The molecule has 7 heteroatoms. The number of hydrogen-bond acceptors (Lipinski definition) is 5. The monoisotopic (exact) mass is 461 g/mol. The van der Waals surface area contributed by atoms with Gasteiger partial charge in [-0.2, -0.15) is 0 Å². The lowest BCUT2D eigenvalue weighted by molar-refractivity contribution is -0.140. The first kappa shape index (κ1) is 21.3. The highest BCUT2D eigenvalue weighted by molar-refractivity contribution is 9.10. The van der Waals surface area contributed by atoms with E-state index >= 15 is 0 Å². The van der Waals surface area contributed by atoms with Gasteiger partial charge in [0.1, 0.15) is 23.3 Å². The minimum atomic E-state index is -0.772. The van der Waals surface area contributed by atoms with Crippen LogP contribution in [0.5, 0.6) is 0 Å². The molecular formula is C22H24BrNO5. The maximum Gasteiger partial charge on any atom is 0.295 e. The molecule has 0 bridgehead atoms. The van der Waals surface area contributed by atoms with Crippen LogP contribution >= 0.6 is 15.9 Å². The summed E-state index contributed by atoms with van der Waals surface area (Å²) in [6.45, 7) is 6.46. The fraction of sp³-hybridized carbons (Fsp3) is 0.364. The van der Waals surface area contributed by atoms with Crippen molar-refractivity contribution in [2.45, 2.75) is 39.3 Å². The number of hydrogen-bond donors (Lipinski definition) is 1. The zero-order valence-corrected chi connectivity index (χ0v) is 18.2. The smallest absolute Gasteiger partial charge is 0.295 e. The fourth-order valence-corrected chi connectivity index (χ4v) is 3.59. The number of likely N-dealkylation sites (tertiary alicyclic amines) is 1. The second kappa shape index (κ2) is 8.97. The van der Waals surface area contributed by atoms with Gasteiger partial charge in [0.25, 0.3) is 11.7 Å². The molecule has 1 fully saturated rings. The molecule has 2 aromatic rings. The second-order valence-corrected chi connectivity index (χ2v) is 8.14. The van der Waals surface area contributed by atoms with Gasteiger partial charge in [-0.05, 0) is 51.5 Å². The quantitative estimate of drug-likeness (QED) is 0.282. The molecule has 1 N–H and O–H groups in total. The largest absolute Gasteiger partial charge is 0.507 e. The van der Waals surface area contributed by atoms with Gasteiger partial charge in [-0.25, -0.2) is 0 Å². The summed E-state index contributed by atoms with van der Waals surface area (Å²) in [4.78, 5) is 27.1. The SMILES string of the molecule is Cc1ccc(C2/C(=C(/O)c3ccc(Br)cc3)C(=O)C(=O)N2CCCOC(C)C)o1. The summed E-state index contributed by atoms with van der Waals surface area (Å²) >= 11 is 3.35. The third-order valence-corrected chi connectivity index (χ3v) is 5.21. The Labute approximate surface area is 178 Å². The highest BCUT2D eigenvalue weighted by Gasteiger charge is 2.47. The molecule has 2 heterocycles. The van der Waals surface area contributed by atoms with Crippen molar-refractivity contribution in [2.75, 3.05) is 13.2 Å². The van der Waals surface area contributed by atoms with Crippen molar-refractivity contribution in [1.82, 2.24) is 4.90 Å². The topological polar surface area (TPSA) is 80.0 Å². The molecule has 0 spiro atoms. The van der Waals surface area contributed by atoms with Gasteiger partial charge in [-0.1, -0.05) is 28.1 Å². The average Bonchev–Trinajstić information content (AvgIpc) is 3.21. The molecule has 1 aliphatic heterocycles. The molecule has 6 nitrogen and oxygen atoms in total. The van der Waals surface area contributed by atoms with Gasteiger partial charge in [0.15, 0.2) is 0 Å². The van der Waals surface area contributed by atoms with Crippen molar-refractivity contribution >= 4 is 33.4 Å². The maximum absolute atomic E-state index is 12.8. The molecule has 0 saturated carbocycles. The molecule has 1 saturated heterocycles. The molecule has 1 aromatic carbocycles. The van der Waals surface area contributed by atoms with E-state index in [0.29, 0.717) is 36.7 Å². The molecular weight excluding hydrogens is 438 g/mol. The Hall–Kier alpha value is -2.38. The normalized spacial score (nSPS) is 18.8. The number of aliphatic hydroxyl groups is 1. The number of carbonyl (C=O) groups is 2. The van der Waals surface area contributed by atoms with Crippen LogP contribution in [0, 0.1) is 6.92 Å². The van der Waals surface area contributed by atoms with Gasteiger partial charge in [0.2, 0.25) is 0 Å². The van der Waals surface area contributed by atoms with E-state index in [1.54, 1.807) is 43.3 Å². The van der Waals surface area contributed by atoms with Gasteiger partial charge >= 0.3 is 0 Å². The second-order valence-electron chi connectivity index (χ2n) is 7.22. The molecule has 1 amide bonds. The summed E-state index contributed by atoms with van der Waals surface area (Å²) in [7, 11) is 0. The summed E-state index contributed by atoms with van der Waals surface area (Å²) in [5.41, 5.74) is 0.499. The molecule has 0 aliphatic carbocycles. The van der Waals surface area contributed by atoms with Gasteiger partial charge < -0.3 is 19.2 Å². The molecule has 1 atom stereocenters. The molecule has 1 aromatic heterocycles. The van der Waals surface area contributed by atoms with Crippen molar-refractivity contribution in [3.8, 4) is 0 Å². The van der Waals surface area contributed by atoms with E-state index in [2.05, 4.69) is 15.9 Å². The Morgan fingerprint density at radius 2 is 1.90 bits per heavy atom. The van der Waals surface area contributed by atoms with Crippen LogP contribution in [0.4, 0.5) is 0 Å². The minimum Gasteiger partial charge on any atom is -0.507 e. The number of aliphatic hydroxyl groups excluding tert-OH is 1. The number of furan rings is 1. The van der Waals surface area contributed by atoms with Crippen LogP contribution in [0.25, 0.3) is 5.76 Å². The first-order valence-corrected chi connectivity index (χ1v) is 10.3. The maximum atomic E-state index is 12.8. The van der Waals surface area contributed by atoms with Gasteiger partial charge in [0, 0.05) is 23.2 Å². The van der Waals surface area contributed by atoms with Crippen LogP contribution in [0.15, 0.2) is 50.9 Å². The molecule has 1 aliphatic rings. The number of halogens is 1. The zero-order chi connectivity index (χ0) is 21.1. The molecule has 29 heavy (non-hydrogen) atoms. The first-order chi connectivity index (χ1) is 13.8. The Kier molecular flexibility index (Phi) is 6.59. The average molecular weight is 462 g/mol. The van der Waals surface area contributed by atoms with Crippen LogP contribution in [-0.2, 0) is 14.3 Å². The van der Waals surface area contributed by atoms with Crippen molar-refractivity contribution in [3.05, 3.63) is 63.5 Å². The summed E-state index contributed by atoms with van der Waals surface area (Å²) < 4.78 is 12.1. The summed E-state index contributed by atoms with van der Waals surface area (Å²) in [6.07, 6.45) is 0.658. The van der Waals surface area contributed by atoms with E-state index in [1.165, 1.54) is 4.90 Å². The van der Waals surface area contributed by atoms with Crippen molar-refractivity contribution in [3.63, 3.8) is 0 Å². The third-order valence-electron chi connectivity index (χ3n) is 4.68. The number of aryl methyl sites for hydroxylation is 1. The van der Waals surface area contributed by atoms with Gasteiger partial charge in [0.05, 0.1) is 11.7 Å². The molecule has 154 valence electrons. The number of carbonyl (C=O) groups excluding carboxylic acids is 2. The number of amides is 1. The lowest BCUT2D eigenvalue weighted by Crippen LogP contribution is -2.31. The third kappa shape index (κ3) is 4.62. The van der Waals surface area contributed by atoms with E-state index in [-0.39, 0.29) is 17.4 Å². The predicted molar refractivity (Wildman–Crippen MR) is 112 cm³/mol. The number of rotatable bonds is 7.